The van der Waals surface area contributed by atoms with Crippen molar-refractivity contribution in [2.24, 2.45) is 0 Å². The van der Waals surface area contributed by atoms with Gasteiger partial charge >= 0.3 is 126 Å². The van der Waals surface area contributed by atoms with Crippen LogP contribution in [0.2, 0.25) is 0 Å². The van der Waals surface area contributed by atoms with E-state index in [1.807, 2.05) is 48.5 Å². The van der Waals surface area contributed by atoms with Crippen molar-refractivity contribution in [2.45, 2.75) is 32.9 Å². The Morgan fingerprint density at radius 2 is 1.38 bits per heavy atom. The summed E-state index contributed by atoms with van der Waals surface area (Å²) in [6.45, 7) is 8.34. The van der Waals surface area contributed by atoms with Crippen molar-refractivity contribution in [1.29, 1.82) is 0 Å². The molecule has 0 saturated carbocycles. The van der Waals surface area contributed by atoms with Gasteiger partial charge in [-0.2, -0.15) is 0 Å². The quantitative estimate of drug-likeness (QED) is 0.719. The second kappa shape index (κ2) is 4.92. The average molecular weight is 304 g/mol. The van der Waals surface area contributed by atoms with E-state index < -0.39 is 7.94 Å². The van der Waals surface area contributed by atoms with Gasteiger partial charge in [-0.1, -0.05) is 0 Å². The number of hydrogen-bond acceptors (Lipinski definition) is 3. The molecular formula is C17H21O3P. The molecular weight excluding hydrogens is 283 g/mol. The van der Waals surface area contributed by atoms with Gasteiger partial charge in [0.05, 0.1) is 0 Å². The van der Waals surface area contributed by atoms with E-state index >= 15 is 0 Å². The van der Waals surface area contributed by atoms with E-state index in [0.29, 0.717) is 0 Å². The third-order valence-electron chi connectivity index (χ3n) is 3.53. The van der Waals surface area contributed by atoms with Crippen LogP contribution in [-0.2, 0) is 0 Å². The number of para-hydroxylation sites is 2. The second-order valence-corrected chi connectivity index (χ2v) is 9.60. The fourth-order valence-electron chi connectivity index (χ4n) is 2.19. The van der Waals surface area contributed by atoms with Crippen LogP contribution < -0.4 is 13.6 Å². The van der Waals surface area contributed by atoms with Crippen molar-refractivity contribution < 1.29 is 13.6 Å². The van der Waals surface area contributed by atoms with Gasteiger partial charge in [0, 0.05) is 0 Å². The normalized spacial score (nSPS) is 17.3. The molecule has 0 unspecified atom stereocenters. The van der Waals surface area contributed by atoms with Gasteiger partial charge in [0.2, 0.25) is 0 Å². The van der Waals surface area contributed by atoms with Gasteiger partial charge in [0.15, 0.2) is 0 Å². The number of hydrogen-bond donors (Lipinski definition) is 0. The third-order valence-corrected chi connectivity index (χ3v) is 6.85. The minimum atomic E-state index is -2.90. The fraction of sp³-hybridized carbons (Fsp3) is 0.294. The van der Waals surface area contributed by atoms with E-state index in [1.165, 1.54) is 5.56 Å². The summed E-state index contributed by atoms with van der Waals surface area (Å²) in [5.41, 5.74) is 1.20. The molecule has 1 heterocycles. The minimum absolute atomic E-state index is 0.225. The zero-order valence-electron chi connectivity index (χ0n) is 12.8. The van der Waals surface area contributed by atoms with Crippen LogP contribution in [0.4, 0.5) is 0 Å². The molecule has 0 bridgehead atoms. The second-order valence-electron chi connectivity index (χ2n) is 6.37. The van der Waals surface area contributed by atoms with Crippen molar-refractivity contribution in [3.8, 4) is 17.2 Å². The van der Waals surface area contributed by atoms with Gasteiger partial charge in [0.1, 0.15) is 0 Å². The van der Waals surface area contributed by atoms with Crippen LogP contribution in [0.3, 0.4) is 0 Å². The first-order chi connectivity index (χ1) is 9.90. The number of rotatable bonds is 2. The molecule has 21 heavy (non-hydrogen) atoms. The van der Waals surface area contributed by atoms with E-state index in [2.05, 4.69) is 27.7 Å². The SMILES string of the molecule is Cc1ccc(O[PH]2(C(C)(C)C)Oc3ccccc3O2)cc1. The Balaban J connectivity index is 1.95. The fourth-order valence-corrected chi connectivity index (χ4v) is 4.60. The molecule has 4 heteroatoms. The molecule has 0 aliphatic carbocycles. The van der Waals surface area contributed by atoms with Crippen molar-refractivity contribution >= 4 is 7.94 Å². The summed E-state index contributed by atoms with van der Waals surface area (Å²) >= 11 is 0. The number of benzene rings is 2. The molecule has 0 atom stereocenters. The summed E-state index contributed by atoms with van der Waals surface area (Å²) in [7, 11) is -2.90. The Morgan fingerprint density at radius 3 is 1.86 bits per heavy atom. The summed E-state index contributed by atoms with van der Waals surface area (Å²) < 4.78 is 18.6. The Morgan fingerprint density at radius 1 is 0.857 bits per heavy atom. The molecule has 1 aliphatic heterocycles. The van der Waals surface area contributed by atoms with Crippen LogP contribution in [-0.4, -0.2) is 5.16 Å². The van der Waals surface area contributed by atoms with Crippen molar-refractivity contribution in [2.75, 3.05) is 0 Å². The van der Waals surface area contributed by atoms with Crippen LogP contribution in [0.15, 0.2) is 48.5 Å². The topological polar surface area (TPSA) is 27.7 Å². The van der Waals surface area contributed by atoms with Crippen LogP contribution in [0, 0.1) is 6.92 Å². The predicted octanol–water partition coefficient (Wildman–Crippen LogP) is 5.14. The predicted molar refractivity (Wildman–Crippen MR) is 87.6 cm³/mol. The van der Waals surface area contributed by atoms with Crippen LogP contribution >= 0.6 is 7.94 Å². The van der Waals surface area contributed by atoms with Gasteiger partial charge in [0.25, 0.3) is 0 Å². The van der Waals surface area contributed by atoms with E-state index in [0.717, 1.165) is 17.2 Å². The molecule has 0 spiro atoms. The van der Waals surface area contributed by atoms with Gasteiger partial charge in [-0.05, 0) is 0 Å². The molecule has 0 amide bonds. The first-order valence-electron chi connectivity index (χ1n) is 7.12. The van der Waals surface area contributed by atoms with Gasteiger partial charge < -0.3 is 0 Å². The van der Waals surface area contributed by atoms with Crippen LogP contribution in [0.1, 0.15) is 26.3 Å². The molecule has 0 fully saturated rings. The molecule has 3 rings (SSSR count). The molecule has 1 aliphatic rings. The van der Waals surface area contributed by atoms with E-state index in [9.17, 15) is 0 Å². The molecule has 112 valence electrons. The van der Waals surface area contributed by atoms with E-state index in [4.69, 9.17) is 13.6 Å². The first-order valence-corrected chi connectivity index (χ1v) is 8.85. The summed E-state index contributed by atoms with van der Waals surface area (Å²) in [5.74, 6) is 2.33. The van der Waals surface area contributed by atoms with Gasteiger partial charge in [-0.3, -0.25) is 0 Å². The van der Waals surface area contributed by atoms with Crippen LogP contribution in [0.25, 0.3) is 0 Å². The Bertz CT molecular complexity index is 619. The Labute approximate surface area is 126 Å². The molecule has 0 N–H and O–H groups in total. The number of aryl methyl sites for hydroxylation is 1. The average Bonchev–Trinajstić information content (AvgIpc) is 2.80. The Hall–Kier alpha value is -1.73. The van der Waals surface area contributed by atoms with Crippen molar-refractivity contribution in [1.82, 2.24) is 0 Å². The van der Waals surface area contributed by atoms with Crippen LogP contribution in [0.5, 0.6) is 17.2 Å². The first kappa shape index (κ1) is 14.2. The maximum atomic E-state index is 6.26. The molecule has 0 aromatic heterocycles. The third kappa shape index (κ3) is 2.58. The van der Waals surface area contributed by atoms with E-state index in [-0.39, 0.29) is 5.16 Å². The van der Waals surface area contributed by atoms with Gasteiger partial charge in [-0.15, -0.1) is 0 Å². The zero-order chi connectivity index (χ0) is 15.1. The zero-order valence-corrected chi connectivity index (χ0v) is 13.8. The summed E-state index contributed by atoms with van der Waals surface area (Å²) in [5, 5.41) is -0.225. The van der Waals surface area contributed by atoms with Gasteiger partial charge in [-0.25, -0.2) is 0 Å². The molecule has 2 aromatic carbocycles. The monoisotopic (exact) mass is 304 g/mol. The maximum absolute atomic E-state index is 6.26. The molecule has 2 aromatic rings. The standard InChI is InChI=1S/C17H21O3P/c1-13-9-11-14(12-10-13)18-21(17(2,3)4)19-15-7-5-6-8-16(15)20-21/h5-12,21H,1-4H3. The van der Waals surface area contributed by atoms with Crippen molar-refractivity contribution in [3.05, 3.63) is 54.1 Å². The molecule has 0 radical (unpaired) electrons. The summed E-state index contributed by atoms with van der Waals surface area (Å²) in [4.78, 5) is 0. The van der Waals surface area contributed by atoms with E-state index in [1.54, 1.807) is 0 Å². The molecule has 0 saturated heterocycles. The van der Waals surface area contributed by atoms with Crippen molar-refractivity contribution in [3.63, 3.8) is 0 Å². The molecule has 3 nitrogen and oxygen atoms in total. The summed E-state index contributed by atoms with van der Waals surface area (Å²) in [6.07, 6.45) is 0. The Kier molecular flexibility index (Phi) is 3.33. The number of fused-ring (bicyclic) bond motifs is 1. The summed E-state index contributed by atoms with van der Waals surface area (Å²) in [6, 6.07) is 15.7.